The van der Waals surface area contributed by atoms with Crippen LogP contribution in [0.4, 0.5) is 17.1 Å². The van der Waals surface area contributed by atoms with Crippen LogP contribution in [0, 0.1) is 13.8 Å². The molecule has 59 heavy (non-hydrogen) atoms. The van der Waals surface area contributed by atoms with Crippen molar-refractivity contribution in [3.8, 4) is 44.5 Å². The number of hydrogen-bond donors (Lipinski definition) is 0. The topological polar surface area (TPSA) is 3.24 Å². The van der Waals surface area contributed by atoms with Crippen LogP contribution in [-0.4, -0.2) is 0 Å². The number of anilines is 3. The SMILES string of the molecule is Cc1ccc2c(c1)C1(c3ccccc3-c3ccc(N(c4ccc(-c5ccc(C6=CC=C6)cc5)cc4)c4ccc5c(c4)C(C)(C)c4ccccc4-5)cc31)c1cc(C)ccc1-2. The Labute approximate surface area is 347 Å². The van der Waals surface area contributed by atoms with E-state index < -0.39 is 5.41 Å². The molecule has 0 aliphatic heterocycles. The summed E-state index contributed by atoms with van der Waals surface area (Å²) in [4.78, 5) is 2.49. The van der Waals surface area contributed by atoms with E-state index in [2.05, 4.69) is 221 Å². The van der Waals surface area contributed by atoms with Crippen molar-refractivity contribution in [2.24, 2.45) is 0 Å². The number of rotatable bonds is 5. The predicted molar refractivity (Wildman–Crippen MR) is 247 cm³/mol. The third-order valence-corrected chi connectivity index (χ3v) is 13.8. The van der Waals surface area contributed by atoms with Crippen molar-refractivity contribution >= 4 is 22.6 Å². The quantitative estimate of drug-likeness (QED) is 0.169. The average Bonchev–Trinajstić information content (AvgIpc) is 3.78. The second-order valence-electron chi connectivity index (χ2n) is 17.5. The predicted octanol–water partition coefficient (Wildman–Crippen LogP) is 15.0. The molecule has 12 rings (SSSR count). The zero-order valence-electron chi connectivity index (χ0n) is 33.8. The summed E-state index contributed by atoms with van der Waals surface area (Å²) >= 11 is 0. The molecule has 0 atom stereocenters. The summed E-state index contributed by atoms with van der Waals surface area (Å²) in [5.74, 6) is 0. The van der Waals surface area contributed by atoms with Gasteiger partial charge >= 0.3 is 0 Å². The highest BCUT2D eigenvalue weighted by atomic mass is 15.1. The van der Waals surface area contributed by atoms with Gasteiger partial charge in [0.2, 0.25) is 0 Å². The van der Waals surface area contributed by atoms with Crippen LogP contribution in [0.25, 0.3) is 50.1 Å². The molecule has 0 amide bonds. The smallest absolute Gasteiger partial charge is 0.0726 e. The molecule has 1 nitrogen and oxygen atoms in total. The van der Waals surface area contributed by atoms with Crippen LogP contribution in [0.2, 0.25) is 0 Å². The summed E-state index contributed by atoms with van der Waals surface area (Å²) < 4.78 is 0. The van der Waals surface area contributed by atoms with E-state index in [0.29, 0.717) is 0 Å². The number of nitrogens with zero attached hydrogens (tertiary/aromatic N) is 1. The number of hydrogen-bond acceptors (Lipinski definition) is 1. The first-order chi connectivity index (χ1) is 28.8. The van der Waals surface area contributed by atoms with Gasteiger partial charge in [-0.2, -0.15) is 0 Å². The van der Waals surface area contributed by atoms with E-state index >= 15 is 0 Å². The molecular weight excluding hydrogens is 711 g/mol. The second kappa shape index (κ2) is 12.3. The van der Waals surface area contributed by atoms with Crippen LogP contribution in [-0.2, 0) is 10.8 Å². The Bertz CT molecular complexity index is 3080. The summed E-state index contributed by atoms with van der Waals surface area (Å²) in [7, 11) is 0. The van der Waals surface area contributed by atoms with Gasteiger partial charge in [-0.1, -0.05) is 177 Å². The first kappa shape index (κ1) is 34.1. The second-order valence-corrected chi connectivity index (χ2v) is 17.5. The van der Waals surface area contributed by atoms with E-state index in [0.717, 1.165) is 17.1 Å². The molecule has 0 radical (unpaired) electrons. The van der Waals surface area contributed by atoms with E-state index in [1.165, 1.54) is 100 Å². The zero-order chi connectivity index (χ0) is 39.6. The number of benzene rings is 8. The molecule has 4 aliphatic carbocycles. The van der Waals surface area contributed by atoms with Crippen molar-refractivity contribution < 1.29 is 0 Å². The lowest BCUT2D eigenvalue weighted by Gasteiger charge is -2.33. The fourth-order valence-corrected chi connectivity index (χ4v) is 10.9. The summed E-state index contributed by atoms with van der Waals surface area (Å²) in [5.41, 5.74) is 26.6. The first-order valence-corrected chi connectivity index (χ1v) is 20.9. The monoisotopic (exact) mass is 753 g/mol. The molecule has 0 saturated heterocycles. The van der Waals surface area contributed by atoms with E-state index in [1.54, 1.807) is 0 Å². The van der Waals surface area contributed by atoms with Gasteiger partial charge in [0.25, 0.3) is 0 Å². The van der Waals surface area contributed by atoms with Gasteiger partial charge in [-0.25, -0.2) is 0 Å². The first-order valence-electron chi connectivity index (χ1n) is 20.9. The fourth-order valence-electron chi connectivity index (χ4n) is 10.9. The van der Waals surface area contributed by atoms with Crippen molar-refractivity contribution in [2.45, 2.75) is 38.5 Å². The van der Waals surface area contributed by atoms with Crippen LogP contribution in [0.15, 0.2) is 188 Å². The third kappa shape index (κ3) is 4.73. The highest BCUT2D eigenvalue weighted by Crippen LogP contribution is 2.64. The molecule has 4 aliphatic rings. The van der Waals surface area contributed by atoms with E-state index in [1.807, 2.05) is 0 Å². The molecule has 8 aromatic rings. The van der Waals surface area contributed by atoms with E-state index in [9.17, 15) is 0 Å². The molecule has 0 fully saturated rings. The van der Waals surface area contributed by atoms with Gasteiger partial charge in [-0.3, -0.25) is 0 Å². The van der Waals surface area contributed by atoms with Crippen molar-refractivity contribution in [1.29, 1.82) is 0 Å². The van der Waals surface area contributed by atoms with Crippen LogP contribution >= 0.6 is 0 Å². The molecule has 280 valence electrons. The molecule has 0 heterocycles. The van der Waals surface area contributed by atoms with E-state index in [-0.39, 0.29) is 5.41 Å². The van der Waals surface area contributed by atoms with Crippen LogP contribution in [0.3, 0.4) is 0 Å². The molecule has 0 unspecified atom stereocenters. The van der Waals surface area contributed by atoms with Gasteiger partial charge in [-0.05, 0) is 139 Å². The summed E-state index contributed by atoms with van der Waals surface area (Å²) in [6.45, 7) is 9.21. The van der Waals surface area contributed by atoms with E-state index in [4.69, 9.17) is 0 Å². The van der Waals surface area contributed by atoms with Crippen LogP contribution in [0.1, 0.15) is 63.9 Å². The Morgan fingerprint density at radius 2 is 0.797 bits per heavy atom. The molecule has 8 aromatic carbocycles. The number of fused-ring (bicyclic) bond motifs is 13. The van der Waals surface area contributed by atoms with Crippen LogP contribution < -0.4 is 4.90 Å². The fraction of sp³-hybridized carbons (Fsp3) is 0.103. The Morgan fingerprint density at radius 1 is 0.373 bits per heavy atom. The Kier molecular flexibility index (Phi) is 7.10. The standard InChI is InChI=1S/C58H43N/c1-36-16-28-48-49-29-17-37(2)33-55(49)58(54(48)32-36)52-15-8-6-13-46(52)50-31-27-44(35-56(50)58)59(43-26-30-47-45-12-5-7-14-51(45)57(3,4)53(47)34-43)42-24-22-41(23-25-42)40-20-18-39(19-21-40)38-10-9-11-38/h5-35H,1-4H3. The minimum Gasteiger partial charge on any atom is -0.310 e. The Morgan fingerprint density at radius 3 is 1.37 bits per heavy atom. The Balaban J connectivity index is 1.07. The van der Waals surface area contributed by atoms with Crippen molar-refractivity contribution in [3.05, 3.63) is 238 Å². The maximum atomic E-state index is 2.52. The highest BCUT2D eigenvalue weighted by molar-refractivity contribution is 5.97. The average molecular weight is 754 g/mol. The van der Waals surface area contributed by atoms with Crippen LogP contribution in [0.5, 0.6) is 0 Å². The number of allylic oxidation sites excluding steroid dienone is 4. The molecular formula is C58H43N. The summed E-state index contributed by atoms with van der Waals surface area (Å²) in [6, 6.07) is 64.7. The van der Waals surface area contributed by atoms with Gasteiger partial charge in [-0.15, -0.1) is 0 Å². The normalized spacial score (nSPS) is 15.1. The number of aryl methyl sites for hydroxylation is 2. The van der Waals surface area contributed by atoms with Gasteiger partial charge < -0.3 is 4.90 Å². The third-order valence-electron chi connectivity index (χ3n) is 13.8. The minimum atomic E-state index is -0.431. The lowest BCUT2D eigenvalue weighted by atomic mass is 9.70. The molecule has 1 spiro atoms. The molecule has 1 heteroatoms. The molecule has 0 N–H and O–H groups in total. The summed E-state index contributed by atoms with van der Waals surface area (Å²) in [5, 5.41) is 0. The highest BCUT2D eigenvalue weighted by Gasteiger charge is 2.52. The zero-order valence-corrected chi connectivity index (χ0v) is 33.8. The van der Waals surface area contributed by atoms with Gasteiger partial charge in [0, 0.05) is 22.5 Å². The molecule has 0 bridgehead atoms. The van der Waals surface area contributed by atoms with Crippen molar-refractivity contribution in [1.82, 2.24) is 0 Å². The van der Waals surface area contributed by atoms with Gasteiger partial charge in [0.1, 0.15) is 0 Å². The lowest BCUT2D eigenvalue weighted by Crippen LogP contribution is -2.26. The molecule has 0 aromatic heterocycles. The minimum absolute atomic E-state index is 0.119. The Hall–Kier alpha value is -6.96. The van der Waals surface area contributed by atoms with Gasteiger partial charge in [0.05, 0.1) is 5.41 Å². The maximum absolute atomic E-state index is 2.52. The summed E-state index contributed by atoms with van der Waals surface area (Å²) in [6.07, 6.45) is 6.44. The molecule has 0 saturated carbocycles. The lowest BCUT2D eigenvalue weighted by molar-refractivity contribution is 0.660. The van der Waals surface area contributed by atoms with Gasteiger partial charge in [0.15, 0.2) is 0 Å². The van der Waals surface area contributed by atoms with Crippen molar-refractivity contribution in [2.75, 3.05) is 4.90 Å². The van der Waals surface area contributed by atoms with Crippen molar-refractivity contribution in [3.63, 3.8) is 0 Å². The maximum Gasteiger partial charge on any atom is 0.0726 e. The largest absolute Gasteiger partial charge is 0.310 e.